The molecule has 8 aliphatic rings. The molecule has 8 aliphatic carbocycles. The minimum absolute atomic E-state index is 0.111. The zero-order valence-corrected chi connectivity index (χ0v) is 22.8. The van der Waals surface area contributed by atoms with Gasteiger partial charge in [0.2, 0.25) is 0 Å². The van der Waals surface area contributed by atoms with Gasteiger partial charge in [0.1, 0.15) is 29.9 Å². The Balaban J connectivity index is 1.10. The van der Waals surface area contributed by atoms with Gasteiger partial charge in [-0.2, -0.15) is 8.78 Å². The molecular weight excluding hydrogens is 522 g/mol. The number of hydrogen-bond acceptors (Lipinski definition) is 9. The molecule has 0 aromatic rings. The average molecular weight is 561 g/mol. The third-order valence-corrected chi connectivity index (χ3v) is 11.9. The van der Waals surface area contributed by atoms with Crippen LogP contribution in [0.2, 0.25) is 0 Å². The minimum atomic E-state index is -4.04. The van der Waals surface area contributed by atoms with Gasteiger partial charge in [-0.3, -0.25) is 0 Å². The lowest BCUT2D eigenvalue weighted by Crippen LogP contribution is -2.66. The highest BCUT2D eigenvalue weighted by atomic mass is 32.2. The summed E-state index contributed by atoms with van der Waals surface area (Å²) in [5.41, 5.74) is -1.97. The molecule has 0 aliphatic heterocycles. The Labute approximate surface area is 225 Å². The van der Waals surface area contributed by atoms with Gasteiger partial charge in [-0.05, 0) is 107 Å². The molecule has 0 amide bonds. The molecule has 0 saturated heterocycles. The van der Waals surface area contributed by atoms with Gasteiger partial charge < -0.3 is 14.2 Å². The number of halogens is 2. The Hall–Kier alpha value is -1.01. The lowest BCUT2D eigenvalue weighted by atomic mass is 9.47. The predicted molar refractivity (Wildman–Crippen MR) is 130 cm³/mol. The molecule has 1 N–H and O–H groups in total. The van der Waals surface area contributed by atoms with Gasteiger partial charge >= 0.3 is 17.2 Å². The number of ether oxygens (including phenoxy) is 3. The van der Waals surface area contributed by atoms with E-state index in [1.807, 2.05) is 6.92 Å². The van der Waals surface area contributed by atoms with E-state index in [1.54, 1.807) is 0 Å². The summed E-state index contributed by atoms with van der Waals surface area (Å²) in [7, 11) is 0. The van der Waals surface area contributed by atoms with Crippen molar-refractivity contribution in [2.45, 2.75) is 107 Å². The molecule has 8 bridgehead atoms. The second kappa shape index (κ2) is 9.53. The zero-order chi connectivity index (χ0) is 26.9. The maximum Gasteiger partial charge on any atom is 0.415 e. The molecule has 38 heavy (non-hydrogen) atoms. The molecule has 0 radical (unpaired) electrons. The van der Waals surface area contributed by atoms with Crippen LogP contribution in [0.25, 0.3) is 0 Å². The highest BCUT2D eigenvalue weighted by Crippen LogP contribution is 2.64. The fourth-order valence-electron chi connectivity index (χ4n) is 10.1. The quantitative estimate of drug-likeness (QED) is 0.156. The van der Waals surface area contributed by atoms with Crippen LogP contribution in [-0.2, 0) is 33.2 Å². The fourth-order valence-corrected chi connectivity index (χ4v) is 10.3. The Morgan fingerprint density at radius 2 is 1.47 bits per heavy atom. The van der Waals surface area contributed by atoms with E-state index in [-0.39, 0.29) is 24.4 Å². The molecule has 8 fully saturated rings. The largest absolute Gasteiger partial charge is 0.457 e. The van der Waals surface area contributed by atoms with Crippen LogP contribution in [0.4, 0.5) is 8.78 Å². The molecule has 8 saturated carbocycles. The van der Waals surface area contributed by atoms with Gasteiger partial charge in [0.25, 0.3) is 0 Å². The van der Waals surface area contributed by atoms with Crippen LogP contribution in [0.15, 0.2) is 0 Å². The Bertz CT molecular complexity index is 915. The highest BCUT2D eigenvalue weighted by Gasteiger charge is 2.65. The highest BCUT2D eigenvalue weighted by molar-refractivity contribution is 7.96. The molecule has 11 heteroatoms. The van der Waals surface area contributed by atoms with Crippen molar-refractivity contribution in [1.82, 2.24) is 0 Å². The molecule has 8 nitrogen and oxygen atoms in total. The third kappa shape index (κ3) is 4.39. The summed E-state index contributed by atoms with van der Waals surface area (Å²) in [4.78, 5) is 25.6. The van der Waals surface area contributed by atoms with E-state index in [0.717, 1.165) is 56.8 Å². The Morgan fingerprint density at radius 1 is 0.895 bits per heavy atom. The molecule has 0 heterocycles. The number of esters is 2. The summed E-state index contributed by atoms with van der Waals surface area (Å²) in [6.07, 6.45) is 9.82. The molecule has 0 aromatic carbocycles. The zero-order valence-electron chi connectivity index (χ0n) is 22.0. The van der Waals surface area contributed by atoms with Crippen molar-refractivity contribution >= 4 is 24.0 Å². The summed E-state index contributed by atoms with van der Waals surface area (Å²) in [6, 6.07) is 0. The average Bonchev–Trinajstić information content (AvgIpc) is 2.86. The summed E-state index contributed by atoms with van der Waals surface area (Å²) in [5.74, 6) is 0.477. The summed E-state index contributed by atoms with van der Waals surface area (Å²) >= 11 is -0.601. The van der Waals surface area contributed by atoms with Crippen molar-refractivity contribution in [3.63, 3.8) is 0 Å². The van der Waals surface area contributed by atoms with Gasteiger partial charge in [-0.1, -0.05) is 12.0 Å². The first-order valence-corrected chi connectivity index (χ1v) is 14.9. The van der Waals surface area contributed by atoms with Gasteiger partial charge in [0, 0.05) is 11.8 Å². The SMILES string of the molecule is CCC1(OC(=O)C(F)(F)SOOO)C2CC3CC1CC(OCC(=O)OC1(C)C4CC5CC(C4)CC1C5)(C3)C2. The lowest BCUT2D eigenvalue weighted by molar-refractivity contribution is -0.433. The van der Waals surface area contributed by atoms with Crippen molar-refractivity contribution in [1.29, 1.82) is 0 Å². The van der Waals surface area contributed by atoms with Crippen LogP contribution in [0.3, 0.4) is 0 Å². The van der Waals surface area contributed by atoms with E-state index in [9.17, 15) is 18.4 Å². The first kappa shape index (κ1) is 27.2. The van der Waals surface area contributed by atoms with Crippen molar-refractivity contribution < 1.29 is 47.2 Å². The van der Waals surface area contributed by atoms with Crippen LogP contribution >= 0.6 is 12.0 Å². The van der Waals surface area contributed by atoms with Crippen LogP contribution in [-0.4, -0.2) is 45.9 Å². The third-order valence-electron chi connectivity index (χ3n) is 11.3. The summed E-state index contributed by atoms with van der Waals surface area (Å²) in [6.45, 7) is 3.86. The molecular formula is C27H38F2O8S. The first-order chi connectivity index (χ1) is 18.0. The van der Waals surface area contributed by atoms with Crippen LogP contribution in [0, 0.1) is 41.4 Å². The first-order valence-electron chi connectivity index (χ1n) is 14.1. The topological polar surface area (TPSA) is 101 Å². The van der Waals surface area contributed by atoms with Gasteiger partial charge in [0.05, 0.1) is 5.60 Å². The number of carbonyl (C=O) groups is 2. The molecule has 8 rings (SSSR count). The predicted octanol–water partition coefficient (Wildman–Crippen LogP) is 5.69. The van der Waals surface area contributed by atoms with Crippen LogP contribution < -0.4 is 0 Å². The smallest absolute Gasteiger partial charge is 0.415 e. The van der Waals surface area contributed by atoms with Crippen LogP contribution in [0.1, 0.15) is 84.5 Å². The van der Waals surface area contributed by atoms with Crippen molar-refractivity contribution in [3.05, 3.63) is 0 Å². The van der Waals surface area contributed by atoms with Crippen LogP contribution in [0.5, 0.6) is 0 Å². The maximum atomic E-state index is 14.2. The van der Waals surface area contributed by atoms with Gasteiger partial charge in [-0.15, -0.1) is 4.33 Å². The van der Waals surface area contributed by atoms with E-state index in [4.69, 9.17) is 19.5 Å². The maximum absolute atomic E-state index is 14.2. The fraction of sp³-hybridized carbons (Fsp3) is 0.926. The molecule has 0 aromatic heterocycles. The van der Waals surface area contributed by atoms with E-state index in [1.165, 1.54) is 6.42 Å². The van der Waals surface area contributed by atoms with E-state index < -0.39 is 40.1 Å². The number of alkyl halides is 2. The van der Waals surface area contributed by atoms with Crippen molar-refractivity contribution in [2.75, 3.05) is 6.61 Å². The Kier molecular flexibility index (Phi) is 6.82. The molecule has 2 unspecified atom stereocenters. The summed E-state index contributed by atoms with van der Waals surface area (Å²) < 4.78 is 50.5. The molecule has 0 spiro atoms. The Morgan fingerprint density at radius 3 is 2.03 bits per heavy atom. The number of rotatable bonds is 10. The van der Waals surface area contributed by atoms with Crippen molar-refractivity contribution in [3.8, 4) is 0 Å². The standard InChI is InChI=1S/C27H38F2O8S/c1-3-26(35-23(31)27(28,29)38-37-36-32)20-9-17-10-21(26)13-25(11-17,12-20)33-14-22(30)34-24(2)18-5-15-4-16(7-18)8-19(24)6-15/h15-21,32H,3-14H2,1-2H3. The second-order valence-corrected chi connectivity index (χ2v) is 14.0. The van der Waals surface area contributed by atoms with E-state index in [2.05, 4.69) is 16.3 Å². The van der Waals surface area contributed by atoms with Crippen molar-refractivity contribution in [2.24, 2.45) is 41.4 Å². The molecule has 214 valence electrons. The monoisotopic (exact) mass is 560 g/mol. The van der Waals surface area contributed by atoms with Gasteiger partial charge in [-0.25, -0.2) is 14.8 Å². The minimum Gasteiger partial charge on any atom is -0.457 e. The summed E-state index contributed by atoms with van der Waals surface area (Å²) in [5, 5.41) is 7.39. The molecule has 2 atom stereocenters. The number of carbonyl (C=O) groups excluding carboxylic acids is 2. The number of hydrogen-bond donors (Lipinski definition) is 1. The van der Waals surface area contributed by atoms with Gasteiger partial charge in [0.15, 0.2) is 0 Å². The second-order valence-electron chi connectivity index (χ2n) is 13.2. The van der Waals surface area contributed by atoms with E-state index >= 15 is 0 Å². The van der Waals surface area contributed by atoms with E-state index in [0.29, 0.717) is 37.0 Å². The lowest BCUT2D eigenvalue weighted by Gasteiger charge is -2.64. The normalized spacial score (nSPS) is 46.4.